The summed E-state index contributed by atoms with van der Waals surface area (Å²) in [5.41, 5.74) is 0. The average molecular weight is 224 g/mol. The molecule has 0 spiro atoms. The standard InChI is InChI=1S/C13H24OSi/c1-7-11-9-8-10-12(11)14-15(5,6)13(2,3)4/h1,11-12H,8-10H2,2-6H3/t11-,12+/m1/s1. The number of rotatable bonds is 2. The van der Waals surface area contributed by atoms with Crippen LogP contribution in [0.4, 0.5) is 0 Å². The van der Waals surface area contributed by atoms with E-state index in [1.54, 1.807) is 0 Å². The molecule has 0 aromatic carbocycles. The van der Waals surface area contributed by atoms with Crippen molar-refractivity contribution < 1.29 is 4.43 Å². The number of hydrogen-bond acceptors (Lipinski definition) is 1. The highest BCUT2D eigenvalue weighted by Gasteiger charge is 2.41. The molecular weight excluding hydrogens is 200 g/mol. The first-order chi connectivity index (χ1) is 6.78. The minimum Gasteiger partial charge on any atom is -0.413 e. The highest BCUT2D eigenvalue weighted by atomic mass is 28.4. The number of terminal acetylenes is 1. The van der Waals surface area contributed by atoms with Gasteiger partial charge >= 0.3 is 0 Å². The summed E-state index contributed by atoms with van der Waals surface area (Å²) in [5, 5.41) is 0.286. The van der Waals surface area contributed by atoms with Crippen LogP contribution in [0, 0.1) is 18.3 Å². The van der Waals surface area contributed by atoms with Crippen LogP contribution in [0.3, 0.4) is 0 Å². The molecule has 0 aromatic heterocycles. The molecule has 86 valence electrons. The molecule has 2 atom stereocenters. The fourth-order valence-electron chi connectivity index (χ4n) is 1.81. The normalized spacial score (nSPS) is 27.7. The molecule has 1 aliphatic rings. The molecule has 0 radical (unpaired) electrons. The van der Waals surface area contributed by atoms with E-state index < -0.39 is 8.32 Å². The number of hydrogen-bond donors (Lipinski definition) is 0. The average Bonchev–Trinajstić information content (AvgIpc) is 2.48. The lowest BCUT2D eigenvalue weighted by Crippen LogP contribution is -2.44. The molecule has 0 saturated heterocycles. The zero-order valence-electron chi connectivity index (χ0n) is 10.8. The Kier molecular flexibility index (Phi) is 3.68. The molecule has 1 rings (SSSR count). The molecule has 1 saturated carbocycles. The van der Waals surface area contributed by atoms with Gasteiger partial charge in [-0.15, -0.1) is 12.3 Å². The molecule has 1 aliphatic carbocycles. The molecule has 0 N–H and O–H groups in total. The Hall–Kier alpha value is -0.263. The first-order valence-corrected chi connectivity index (χ1v) is 8.83. The second-order valence-corrected chi connectivity index (χ2v) is 10.9. The van der Waals surface area contributed by atoms with Crippen LogP contribution >= 0.6 is 0 Å². The van der Waals surface area contributed by atoms with Gasteiger partial charge in [0.1, 0.15) is 0 Å². The van der Waals surface area contributed by atoms with Gasteiger partial charge in [-0.05, 0) is 37.4 Å². The zero-order chi connectivity index (χ0) is 11.7. The van der Waals surface area contributed by atoms with Gasteiger partial charge in [0, 0.05) is 5.92 Å². The largest absolute Gasteiger partial charge is 0.413 e. The summed E-state index contributed by atoms with van der Waals surface area (Å²) < 4.78 is 6.36. The molecule has 15 heavy (non-hydrogen) atoms. The summed E-state index contributed by atoms with van der Waals surface area (Å²) in [4.78, 5) is 0. The van der Waals surface area contributed by atoms with Crippen molar-refractivity contribution in [3.8, 4) is 12.3 Å². The maximum absolute atomic E-state index is 6.36. The van der Waals surface area contributed by atoms with Crippen LogP contribution in [-0.4, -0.2) is 14.4 Å². The Labute approximate surface area is 95.7 Å². The van der Waals surface area contributed by atoms with Crippen molar-refractivity contribution in [3.63, 3.8) is 0 Å². The summed E-state index contributed by atoms with van der Waals surface area (Å²) >= 11 is 0. The fourth-order valence-corrected chi connectivity index (χ4v) is 3.21. The van der Waals surface area contributed by atoms with Crippen molar-refractivity contribution in [2.45, 2.75) is 64.3 Å². The summed E-state index contributed by atoms with van der Waals surface area (Å²) in [6, 6.07) is 0. The maximum Gasteiger partial charge on any atom is 0.192 e. The molecule has 1 nitrogen and oxygen atoms in total. The molecular formula is C13H24OSi. The first kappa shape index (κ1) is 12.8. The summed E-state index contributed by atoms with van der Waals surface area (Å²) in [6.45, 7) is 11.4. The first-order valence-electron chi connectivity index (χ1n) is 5.92. The van der Waals surface area contributed by atoms with Crippen molar-refractivity contribution in [2.75, 3.05) is 0 Å². The van der Waals surface area contributed by atoms with Gasteiger partial charge in [0.2, 0.25) is 0 Å². The van der Waals surface area contributed by atoms with Crippen LogP contribution in [0.1, 0.15) is 40.0 Å². The van der Waals surface area contributed by atoms with E-state index >= 15 is 0 Å². The topological polar surface area (TPSA) is 9.23 Å². The van der Waals surface area contributed by atoms with E-state index in [1.165, 1.54) is 6.42 Å². The third-order valence-electron chi connectivity index (χ3n) is 3.92. The molecule has 0 aliphatic heterocycles. The Morgan fingerprint density at radius 1 is 1.27 bits per heavy atom. The molecule has 0 unspecified atom stereocenters. The zero-order valence-corrected chi connectivity index (χ0v) is 11.8. The third kappa shape index (κ3) is 2.86. The molecule has 0 bridgehead atoms. The van der Waals surface area contributed by atoms with E-state index in [4.69, 9.17) is 10.8 Å². The van der Waals surface area contributed by atoms with Gasteiger partial charge in [0.25, 0.3) is 0 Å². The van der Waals surface area contributed by atoms with Crippen molar-refractivity contribution >= 4 is 8.32 Å². The van der Waals surface area contributed by atoms with Gasteiger partial charge < -0.3 is 4.43 Å². The molecule has 2 heteroatoms. The fraction of sp³-hybridized carbons (Fsp3) is 0.846. The predicted octanol–water partition coefficient (Wildman–Crippen LogP) is 3.81. The van der Waals surface area contributed by atoms with Crippen LogP contribution in [0.25, 0.3) is 0 Å². The smallest absolute Gasteiger partial charge is 0.192 e. The summed E-state index contributed by atoms with van der Waals surface area (Å²) in [6.07, 6.45) is 9.40. The maximum atomic E-state index is 6.36. The monoisotopic (exact) mass is 224 g/mol. The van der Waals surface area contributed by atoms with Gasteiger partial charge in [-0.1, -0.05) is 20.8 Å². The van der Waals surface area contributed by atoms with Gasteiger partial charge in [-0.2, -0.15) is 0 Å². The van der Waals surface area contributed by atoms with E-state index in [1.807, 2.05) is 0 Å². The van der Waals surface area contributed by atoms with E-state index in [0.29, 0.717) is 12.0 Å². The minimum atomic E-state index is -1.62. The van der Waals surface area contributed by atoms with E-state index in [0.717, 1.165) is 12.8 Å². The Morgan fingerprint density at radius 2 is 1.87 bits per heavy atom. The van der Waals surface area contributed by atoms with Crippen molar-refractivity contribution in [1.82, 2.24) is 0 Å². The van der Waals surface area contributed by atoms with Crippen LogP contribution in [0.15, 0.2) is 0 Å². The van der Waals surface area contributed by atoms with Gasteiger partial charge in [-0.3, -0.25) is 0 Å². The van der Waals surface area contributed by atoms with Crippen molar-refractivity contribution in [1.29, 1.82) is 0 Å². The van der Waals surface area contributed by atoms with E-state index in [9.17, 15) is 0 Å². The summed E-state index contributed by atoms with van der Waals surface area (Å²) in [5.74, 6) is 3.25. The lowest BCUT2D eigenvalue weighted by atomic mass is 10.1. The molecule has 0 aromatic rings. The van der Waals surface area contributed by atoms with Crippen molar-refractivity contribution in [3.05, 3.63) is 0 Å². The van der Waals surface area contributed by atoms with Crippen LogP contribution in [0.2, 0.25) is 18.1 Å². The lowest BCUT2D eigenvalue weighted by Gasteiger charge is -2.39. The Bertz CT molecular complexity index is 257. The summed E-state index contributed by atoms with van der Waals surface area (Å²) in [7, 11) is -1.62. The minimum absolute atomic E-state index is 0.286. The van der Waals surface area contributed by atoms with Crippen molar-refractivity contribution in [2.24, 2.45) is 5.92 Å². The Balaban J connectivity index is 2.66. The van der Waals surface area contributed by atoms with E-state index in [2.05, 4.69) is 39.8 Å². The van der Waals surface area contributed by atoms with Crippen LogP contribution in [-0.2, 0) is 4.43 Å². The molecule has 0 amide bonds. The van der Waals surface area contributed by atoms with Gasteiger partial charge in [0.05, 0.1) is 6.10 Å². The SMILES string of the molecule is C#C[C@@H]1CCC[C@@H]1O[Si](C)(C)C(C)(C)C. The highest BCUT2D eigenvalue weighted by Crippen LogP contribution is 2.40. The van der Waals surface area contributed by atoms with Crippen LogP contribution in [0.5, 0.6) is 0 Å². The lowest BCUT2D eigenvalue weighted by molar-refractivity contribution is 0.163. The second-order valence-electron chi connectivity index (χ2n) is 6.12. The van der Waals surface area contributed by atoms with Crippen LogP contribution < -0.4 is 0 Å². The highest BCUT2D eigenvalue weighted by molar-refractivity contribution is 6.74. The Morgan fingerprint density at radius 3 is 2.33 bits per heavy atom. The predicted molar refractivity (Wildman–Crippen MR) is 68.2 cm³/mol. The molecule has 1 fully saturated rings. The van der Waals surface area contributed by atoms with E-state index in [-0.39, 0.29) is 5.04 Å². The van der Waals surface area contributed by atoms with Gasteiger partial charge in [0.15, 0.2) is 8.32 Å². The quantitative estimate of drug-likeness (QED) is 0.512. The third-order valence-corrected chi connectivity index (χ3v) is 8.42. The second kappa shape index (κ2) is 4.31. The molecule has 0 heterocycles. The van der Waals surface area contributed by atoms with Gasteiger partial charge in [-0.25, -0.2) is 0 Å².